The second-order valence-corrected chi connectivity index (χ2v) is 7.13. The smallest absolute Gasteiger partial charge is 0.405 e. The molecule has 0 aromatic heterocycles. The lowest BCUT2D eigenvalue weighted by atomic mass is 10.1. The van der Waals surface area contributed by atoms with E-state index in [0.717, 1.165) is 6.07 Å². The first-order chi connectivity index (χ1) is 12.6. The Labute approximate surface area is 154 Å². The van der Waals surface area contributed by atoms with Crippen molar-refractivity contribution in [3.8, 4) is 5.75 Å². The predicted molar refractivity (Wildman–Crippen MR) is 91.6 cm³/mol. The number of nitrogens with one attached hydrogen (secondary N) is 2. The first kappa shape index (κ1) is 20.7. The quantitative estimate of drug-likeness (QED) is 0.746. The number of sulfonamides is 1. The highest BCUT2D eigenvalue weighted by atomic mass is 32.2. The van der Waals surface area contributed by atoms with Gasteiger partial charge in [0, 0.05) is 24.2 Å². The van der Waals surface area contributed by atoms with Crippen molar-refractivity contribution in [2.45, 2.75) is 24.7 Å². The van der Waals surface area contributed by atoms with Gasteiger partial charge in [0.05, 0.1) is 4.90 Å². The van der Waals surface area contributed by atoms with Crippen LogP contribution in [0.1, 0.15) is 22.8 Å². The van der Waals surface area contributed by atoms with Gasteiger partial charge in [0.2, 0.25) is 10.0 Å². The number of ether oxygens (including phenoxy) is 1. The van der Waals surface area contributed by atoms with Crippen molar-refractivity contribution >= 4 is 15.9 Å². The number of amides is 1. The van der Waals surface area contributed by atoms with Crippen LogP contribution in [0.4, 0.5) is 13.2 Å². The van der Waals surface area contributed by atoms with Crippen LogP contribution in [0.15, 0.2) is 53.4 Å². The van der Waals surface area contributed by atoms with Crippen molar-refractivity contribution in [1.29, 1.82) is 0 Å². The van der Waals surface area contributed by atoms with Gasteiger partial charge in [-0.25, -0.2) is 13.1 Å². The fraction of sp³-hybridized carbons (Fsp3) is 0.235. The SMILES string of the molecule is CCNS(=O)(=O)c1cccc(C(=O)NCc2ccccc2OC(F)(F)F)c1. The number of benzene rings is 2. The average Bonchev–Trinajstić information content (AvgIpc) is 2.59. The average molecular weight is 402 g/mol. The van der Waals surface area contributed by atoms with Crippen LogP contribution >= 0.6 is 0 Å². The highest BCUT2D eigenvalue weighted by Crippen LogP contribution is 2.26. The van der Waals surface area contributed by atoms with Gasteiger partial charge in [0.25, 0.3) is 5.91 Å². The van der Waals surface area contributed by atoms with Crippen molar-refractivity contribution in [3.63, 3.8) is 0 Å². The topological polar surface area (TPSA) is 84.5 Å². The summed E-state index contributed by atoms with van der Waals surface area (Å²) in [4.78, 5) is 12.2. The molecule has 2 rings (SSSR count). The number of rotatable bonds is 7. The lowest BCUT2D eigenvalue weighted by Gasteiger charge is -2.14. The standard InChI is InChI=1S/C17H17F3N2O4S/c1-2-22-27(24,25)14-8-5-7-12(10-14)16(23)21-11-13-6-3-4-9-15(13)26-17(18,19)20/h3-10,22H,2,11H2,1H3,(H,21,23). The highest BCUT2D eigenvalue weighted by molar-refractivity contribution is 7.89. The monoisotopic (exact) mass is 402 g/mol. The summed E-state index contributed by atoms with van der Waals surface area (Å²) in [7, 11) is -3.74. The highest BCUT2D eigenvalue weighted by Gasteiger charge is 2.32. The van der Waals surface area contributed by atoms with E-state index in [1.165, 1.54) is 42.5 Å². The predicted octanol–water partition coefficient (Wildman–Crippen LogP) is 2.81. The summed E-state index contributed by atoms with van der Waals surface area (Å²) in [5, 5.41) is 2.45. The molecule has 0 saturated heterocycles. The maximum Gasteiger partial charge on any atom is 0.573 e. The Hall–Kier alpha value is -2.59. The largest absolute Gasteiger partial charge is 0.573 e. The molecule has 6 nitrogen and oxygen atoms in total. The number of alkyl halides is 3. The first-order valence-electron chi connectivity index (χ1n) is 7.84. The van der Waals surface area contributed by atoms with E-state index in [-0.39, 0.29) is 29.1 Å². The summed E-state index contributed by atoms with van der Waals surface area (Å²) in [6.07, 6.45) is -4.85. The Morgan fingerprint density at radius 2 is 1.81 bits per heavy atom. The molecule has 0 fully saturated rings. The number of para-hydroxylation sites is 1. The van der Waals surface area contributed by atoms with E-state index < -0.39 is 28.0 Å². The third-order valence-electron chi connectivity index (χ3n) is 3.38. The van der Waals surface area contributed by atoms with Crippen molar-refractivity contribution in [1.82, 2.24) is 10.0 Å². The van der Waals surface area contributed by atoms with Gasteiger partial charge in [-0.1, -0.05) is 31.2 Å². The van der Waals surface area contributed by atoms with E-state index in [4.69, 9.17) is 0 Å². The molecule has 1 amide bonds. The van der Waals surface area contributed by atoms with E-state index in [9.17, 15) is 26.4 Å². The summed E-state index contributed by atoms with van der Waals surface area (Å²) >= 11 is 0. The summed E-state index contributed by atoms with van der Waals surface area (Å²) in [6, 6.07) is 10.7. The van der Waals surface area contributed by atoms with E-state index >= 15 is 0 Å². The zero-order valence-corrected chi connectivity index (χ0v) is 15.0. The summed E-state index contributed by atoms with van der Waals surface area (Å²) in [6.45, 7) is 1.58. The zero-order chi connectivity index (χ0) is 20.1. The minimum absolute atomic E-state index is 0.0585. The van der Waals surface area contributed by atoms with Gasteiger partial charge in [-0.15, -0.1) is 13.2 Å². The van der Waals surface area contributed by atoms with E-state index in [2.05, 4.69) is 14.8 Å². The molecule has 10 heteroatoms. The molecule has 0 heterocycles. The summed E-state index contributed by atoms with van der Waals surface area (Å²) in [5.41, 5.74) is 0.183. The fourth-order valence-corrected chi connectivity index (χ4v) is 3.32. The lowest BCUT2D eigenvalue weighted by molar-refractivity contribution is -0.274. The van der Waals surface area contributed by atoms with Crippen LogP contribution in [0.2, 0.25) is 0 Å². The van der Waals surface area contributed by atoms with Crippen LogP contribution in [0.25, 0.3) is 0 Å². The molecule has 0 spiro atoms. The number of carbonyl (C=O) groups is 1. The van der Waals surface area contributed by atoms with Crippen LogP contribution in [0.5, 0.6) is 5.75 Å². The molecule has 0 aliphatic rings. The molecule has 146 valence electrons. The Kier molecular flexibility index (Phi) is 6.45. The Balaban J connectivity index is 2.14. The maximum absolute atomic E-state index is 12.4. The molecule has 0 aliphatic heterocycles. The van der Waals surface area contributed by atoms with Crippen LogP contribution in [0, 0.1) is 0 Å². The minimum atomic E-state index is -4.85. The van der Waals surface area contributed by atoms with Crippen LogP contribution in [0.3, 0.4) is 0 Å². The second kappa shape index (κ2) is 8.40. The number of halogens is 3. The van der Waals surface area contributed by atoms with Gasteiger partial charge in [-0.2, -0.15) is 0 Å². The Bertz CT molecular complexity index is 914. The summed E-state index contributed by atoms with van der Waals surface area (Å²) < 4.78 is 67.5. The van der Waals surface area contributed by atoms with Gasteiger partial charge in [-0.05, 0) is 24.3 Å². The zero-order valence-electron chi connectivity index (χ0n) is 14.2. The van der Waals surface area contributed by atoms with Crippen molar-refractivity contribution < 1.29 is 31.1 Å². The van der Waals surface area contributed by atoms with Crippen molar-refractivity contribution in [2.24, 2.45) is 0 Å². The van der Waals surface area contributed by atoms with Gasteiger partial charge in [-0.3, -0.25) is 4.79 Å². The number of hydrogen-bond donors (Lipinski definition) is 2. The molecule has 27 heavy (non-hydrogen) atoms. The fourth-order valence-electron chi connectivity index (χ4n) is 2.23. The number of hydrogen-bond acceptors (Lipinski definition) is 4. The van der Waals surface area contributed by atoms with Gasteiger partial charge < -0.3 is 10.1 Å². The second-order valence-electron chi connectivity index (χ2n) is 5.37. The van der Waals surface area contributed by atoms with Crippen molar-refractivity contribution in [3.05, 3.63) is 59.7 Å². The van der Waals surface area contributed by atoms with Crippen LogP contribution in [-0.2, 0) is 16.6 Å². The minimum Gasteiger partial charge on any atom is -0.405 e. The van der Waals surface area contributed by atoms with Crippen molar-refractivity contribution in [2.75, 3.05) is 6.54 Å². The Morgan fingerprint density at radius 1 is 1.11 bits per heavy atom. The third kappa shape index (κ3) is 5.97. The van der Waals surface area contributed by atoms with Gasteiger partial charge >= 0.3 is 6.36 Å². The van der Waals surface area contributed by atoms with Crippen LogP contribution < -0.4 is 14.8 Å². The lowest BCUT2D eigenvalue weighted by Crippen LogP contribution is -2.26. The molecular formula is C17H17F3N2O4S. The van der Waals surface area contributed by atoms with Gasteiger partial charge in [0.1, 0.15) is 5.75 Å². The molecule has 0 unspecified atom stereocenters. The molecule has 0 radical (unpaired) electrons. The molecule has 0 aliphatic carbocycles. The molecule has 2 aromatic carbocycles. The van der Waals surface area contributed by atoms with E-state index in [1.54, 1.807) is 6.92 Å². The summed E-state index contributed by atoms with van der Waals surface area (Å²) in [5.74, 6) is -1.06. The number of carbonyl (C=O) groups excluding carboxylic acids is 1. The molecular weight excluding hydrogens is 385 g/mol. The molecule has 0 bridgehead atoms. The molecule has 2 aromatic rings. The first-order valence-corrected chi connectivity index (χ1v) is 9.32. The normalized spacial score (nSPS) is 11.9. The van der Waals surface area contributed by atoms with Crippen LogP contribution in [-0.4, -0.2) is 27.2 Å². The molecule has 2 N–H and O–H groups in total. The van der Waals surface area contributed by atoms with Gasteiger partial charge in [0.15, 0.2) is 0 Å². The Morgan fingerprint density at radius 3 is 2.48 bits per heavy atom. The maximum atomic E-state index is 12.4. The molecule has 0 atom stereocenters. The van der Waals surface area contributed by atoms with E-state index in [0.29, 0.717) is 0 Å². The van der Waals surface area contributed by atoms with E-state index in [1.807, 2.05) is 0 Å². The molecule has 0 saturated carbocycles. The third-order valence-corrected chi connectivity index (χ3v) is 4.92.